The second kappa shape index (κ2) is 8.68. The van der Waals surface area contributed by atoms with E-state index in [2.05, 4.69) is 10.2 Å². The van der Waals surface area contributed by atoms with E-state index in [1.54, 1.807) is 6.07 Å². The minimum absolute atomic E-state index is 0.0624. The molecule has 1 aromatic rings. The number of carboxylic acids is 1. The fourth-order valence-electron chi connectivity index (χ4n) is 2.91. The fourth-order valence-corrected chi connectivity index (χ4v) is 2.91. The van der Waals surface area contributed by atoms with E-state index in [4.69, 9.17) is 9.84 Å². The number of rotatable bonds is 7. The molecule has 1 atom stereocenters. The Morgan fingerprint density at radius 3 is 2.62 bits per heavy atom. The number of nitrogens with one attached hydrogen (secondary N) is 1. The molecule has 1 saturated heterocycles. The number of aliphatic carboxylic acids is 1. The number of ether oxygens (including phenoxy) is 1. The number of amides is 1. The second-order valence-electron chi connectivity index (χ2n) is 6.55. The van der Waals surface area contributed by atoms with E-state index in [-0.39, 0.29) is 18.4 Å². The maximum absolute atomic E-state index is 12.5. The Morgan fingerprint density at radius 1 is 1.29 bits per heavy atom. The minimum Gasteiger partial charge on any atom is -0.481 e. The molecule has 1 amide bonds. The SMILES string of the molecule is CC(C)C[C@H](CC(=O)O)NC(=O)c1cccc(N2CCOCC2)c1. The van der Waals surface area contributed by atoms with Crippen LogP contribution in [0.15, 0.2) is 24.3 Å². The first-order valence-corrected chi connectivity index (χ1v) is 8.41. The molecule has 0 radical (unpaired) electrons. The van der Waals surface area contributed by atoms with Gasteiger partial charge in [-0.25, -0.2) is 0 Å². The maximum Gasteiger partial charge on any atom is 0.305 e. The van der Waals surface area contributed by atoms with Crippen LogP contribution in [0.3, 0.4) is 0 Å². The van der Waals surface area contributed by atoms with Crippen molar-refractivity contribution in [3.63, 3.8) is 0 Å². The van der Waals surface area contributed by atoms with E-state index in [1.807, 2.05) is 32.0 Å². The summed E-state index contributed by atoms with van der Waals surface area (Å²) in [6, 6.07) is 7.08. The van der Waals surface area contributed by atoms with Crippen molar-refractivity contribution in [3.05, 3.63) is 29.8 Å². The van der Waals surface area contributed by atoms with Gasteiger partial charge in [0.1, 0.15) is 0 Å². The summed E-state index contributed by atoms with van der Waals surface area (Å²) in [4.78, 5) is 25.7. The maximum atomic E-state index is 12.5. The van der Waals surface area contributed by atoms with Crippen molar-refractivity contribution in [1.82, 2.24) is 5.32 Å². The summed E-state index contributed by atoms with van der Waals surface area (Å²) in [5.74, 6) is -0.811. The summed E-state index contributed by atoms with van der Waals surface area (Å²) >= 11 is 0. The van der Waals surface area contributed by atoms with Crippen molar-refractivity contribution in [3.8, 4) is 0 Å². The van der Waals surface area contributed by atoms with E-state index in [9.17, 15) is 9.59 Å². The number of benzene rings is 1. The van der Waals surface area contributed by atoms with Gasteiger partial charge in [0.25, 0.3) is 5.91 Å². The average molecular weight is 334 g/mol. The first-order chi connectivity index (χ1) is 11.5. The highest BCUT2D eigenvalue weighted by molar-refractivity contribution is 5.95. The van der Waals surface area contributed by atoms with Crippen molar-refractivity contribution >= 4 is 17.6 Å². The number of hydrogen-bond acceptors (Lipinski definition) is 4. The molecule has 132 valence electrons. The number of anilines is 1. The van der Waals surface area contributed by atoms with Crippen molar-refractivity contribution < 1.29 is 19.4 Å². The van der Waals surface area contributed by atoms with Crippen LogP contribution >= 0.6 is 0 Å². The summed E-state index contributed by atoms with van der Waals surface area (Å²) < 4.78 is 5.35. The molecule has 6 heteroatoms. The predicted octanol–water partition coefficient (Wildman–Crippen LogP) is 2.14. The third-order valence-corrected chi connectivity index (χ3v) is 4.00. The molecule has 1 aliphatic heterocycles. The molecule has 1 fully saturated rings. The molecule has 0 bridgehead atoms. The lowest BCUT2D eigenvalue weighted by atomic mass is 10.0. The molecule has 0 saturated carbocycles. The van der Waals surface area contributed by atoms with Gasteiger partial charge in [-0.15, -0.1) is 0 Å². The lowest BCUT2D eigenvalue weighted by molar-refractivity contribution is -0.137. The van der Waals surface area contributed by atoms with Gasteiger partial charge in [0.2, 0.25) is 0 Å². The molecule has 1 heterocycles. The summed E-state index contributed by atoms with van der Waals surface area (Å²) in [5.41, 5.74) is 1.54. The normalized spacial score (nSPS) is 16.0. The number of carbonyl (C=O) groups excluding carboxylic acids is 1. The highest BCUT2D eigenvalue weighted by Gasteiger charge is 2.19. The lowest BCUT2D eigenvalue weighted by Gasteiger charge is -2.29. The third kappa shape index (κ3) is 5.53. The molecule has 0 unspecified atom stereocenters. The van der Waals surface area contributed by atoms with Crippen molar-refractivity contribution in [2.24, 2.45) is 5.92 Å². The van der Waals surface area contributed by atoms with E-state index in [1.165, 1.54) is 0 Å². The Kier molecular flexibility index (Phi) is 6.61. The zero-order valence-electron chi connectivity index (χ0n) is 14.3. The van der Waals surface area contributed by atoms with Gasteiger partial charge in [0.15, 0.2) is 0 Å². The summed E-state index contributed by atoms with van der Waals surface area (Å²) in [6.07, 6.45) is 0.578. The van der Waals surface area contributed by atoms with E-state index >= 15 is 0 Å². The van der Waals surface area contributed by atoms with Crippen LogP contribution in [0.4, 0.5) is 5.69 Å². The first kappa shape index (κ1) is 18.3. The largest absolute Gasteiger partial charge is 0.481 e. The Hall–Kier alpha value is -2.08. The first-order valence-electron chi connectivity index (χ1n) is 8.41. The van der Waals surface area contributed by atoms with Crippen LogP contribution in [-0.4, -0.2) is 49.3 Å². The third-order valence-electron chi connectivity index (χ3n) is 4.00. The molecule has 6 nitrogen and oxygen atoms in total. The van der Waals surface area contributed by atoms with Crippen LogP contribution in [0.25, 0.3) is 0 Å². The molecule has 2 N–H and O–H groups in total. The van der Waals surface area contributed by atoms with Crippen LogP contribution in [0.2, 0.25) is 0 Å². The highest BCUT2D eigenvalue weighted by Crippen LogP contribution is 2.18. The lowest BCUT2D eigenvalue weighted by Crippen LogP contribution is -2.38. The van der Waals surface area contributed by atoms with Crippen LogP contribution in [0.5, 0.6) is 0 Å². The van der Waals surface area contributed by atoms with Crippen LogP contribution < -0.4 is 10.2 Å². The standard InChI is InChI=1S/C18H26N2O4/c1-13(2)10-15(12-17(21)22)19-18(23)14-4-3-5-16(11-14)20-6-8-24-9-7-20/h3-5,11,13,15H,6-10,12H2,1-2H3,(H,19,23)(H,21,22)/t15-/m1/s1. The van der Waals surface area contributed by atoms with Crippen molar-refractivity contribution in [1.29, 1.82) is 0 Å². The van der Waals surface area contributed by atoms with Crippen molar-refractivity contribution in [2.45, 2.75) is 32.7 Å². The number of carboxylic acid groups (broad SMARTS) is 1. The Balaban J connectivity index is 2.05. The molecule has 1 aromatic carbocycles. The van der Waals surface area contributed by atoms with Gasteiger partial charge < -0.3 is 20.1 Å². The number of hydrogen-bond donors (Lipinski definition) is 2. The van der Waals surface area contributed by atoms with Crippen molar-refractivity contribution in [2.75, 3.05) is 31.2 Å². The van der Waals surface area contributed by atoms with Gasteiger partial charge in [-0.05, 0) is 30.5 Å². The number of nitrogens with zero attached hydrogens (tertiary/aromatic N) is 1. The monoisotopic (exact) mass is 334 g/mol. The van der Waals surface area contributed by atoms with E-state index < -0.39 is 5.97 Å². The van der Waals surface area contributed by atoms with Crippen LogP contribution in [-0.2, 0) is 9.53 Å². The van der Waals surface area contributed by atoms with Gasteiger partial charge in [-0.1, -0.05) is 19.9 Å². The second-order valence-corrected chi connectivity index (χ2v) is 6.55. The van der Waals surface area contributed by atoms with Gasteiger partial charge in [-0.2, -0.15) is 0 Å². The smallest absolute Gasteiger partial charge is 0.305 e. The van der Waals surface area contributed by atoms with Gasteiger partial charge in [-0.3, -0.25) is 9.59 Å². The van der Waals surface area contributed by atoms with E-state index in [0.29, 0.717) is 31.1 Å². The average Bonchev–Trinajstić information content (AvgIpc) is 2.54. The fraction of sp³-hybridized carbons (Fsp3) is 0.556. The molecule has 0 aromatic heterocycles. The van der Waals surface area contributed by atoms with Crippen LogP contribution in [0.1, 0.15) is 37.0 Å². The number of carbonyl (C=O) groups is 2. The number of morpholine rings is 1. The molecular formula is C18H26N2O4. The zero-order valence-corrected chi connectivity index (χ0v) is 14.3. The molecular weight excluding hydrogens is 308 g/mol. The van der Waals surface area contributed by atoms with Gasteiger partial charge >= 0.3 is 5.97 Å². The van der Waals surface area contributed by atoms with Crippen LogP contribution in [0, 0.1) is 5.92 Å². The Bertz CT molecular complexity index is 568. The Morgan fingerprint density at radius 2 is 2.00 bits per heavy atom. The van der Waals surface area contributed by atoms with Gasteiger partial charge in [0.05, 0.1) is 19.6 Å². The molecule has 24 heavy (non-hydrogen) atoms. The summed E-state index contributed by atoms with van der Waals surface area (Å²) in [6.45, 7) is 7.01. The predicted molar refractivity (Wildman–Crippen MR) is 92.4 cm³/mol. The Labute approximate surface area is 142 Å². The summed E-state index contributed by atoms with van der Waals surface area (Å²) in [5, 5.41) is 11.9. The minimum atomic E-state index is -0.900. The summed E-state index contributed by atoms with van der Waals surface area (Å²) in [7, 11) is 0. The van der Waals surface area contributed by atoms with Gasteiger partial charge in [0, 0.05) is 30.4 Å². The molecule has 0 aliphatic carbocycles. The highest BCUT2D eigenvalue weighted by atomic mass is 16.5. The zero-order chi connectivity index (χ0) is 17.5. The quantitative estimate of drug-likeness (QED) is 0.799. The van der Waals surface area contributed by atoms with E-state index in [0.717, 1.165) is 18.8 Å². The topological polar surface area (TPSA) is 78.9 Å². The molecule has 0 spiro atoms. The molecule has 2 rings (SSSR count). The molecule has 1 aliphatic rings.